The van der Waals surface area contributed by atoms with E-state index < -0.39 is 0 Å². The van der Waals surface area contributed by atoms with E-state index in [1.54, 1.807) is 0 Å². The van der Waals surface area contributed by atoms with Crippen LogP contribution in [-0.2, 0) is 6.42 Å². The van der Waals surface area contributed by atoms with Gasteiger partial charge in [0.2, 0.25) is 0 Å². The van der Waals surface area contributed by atoms with Gasteiger partial charge in [-0.05, 0) is 31.0 Å². The molecule has 0 atom stereocenters. The molecule has 0 aliphatic heterocycles. The summed E-state index contributed by atoms with van der Waals surface area (Å²) >= 11 is 0. The predicted octanol–water partition coefficient (Wildman–Crippen LogP) is 2.00. The number of aryl methyl sites for hydroxylation is 1. The van der Waals surface area contributed by atoms with E-state index in [2.05, 4.69) is 29.4 Å². The van der Waals surface area contributed by atoms with Gasteiger partial charge in [0.25, 0.3) is 0 Å². The highest BCUT2D eigenvalue weighted by molar-refractivity contribution is 5.92. The smallest absolute Gasteiger partial charge is 0.193 e. The van der Waals surface area contributed by atoms with E-state index >= 15 is 0 Å². The largest absolute Gasteiger partial charge is 0.370 e. The Balaban J connectivity index is 2.71. The van der Waals surface area contributed by atoms with E-state index in [9.17, 15) is 0 Å². The molecule has 0 heterocycles. The SMILES string of the molecule is CCN=C(N)Nc1cccc(CC)c1. The fraction of sp³-hybridized carbons (Fsp3) is 0.364. The maximum Gasteiger partial charge on any atom is 0.193 e. The third-order valence-electron chi connectivity index (χ3n) is 1.94. The number of nitrogens with two attached hydrogens (primary N) is 1. The van der Waals surface area contributed by atoms with Crippen molar-refractivity contribution in [3.8, 4) is 0 Å². The zero-order chi connectivity index (χ0) is 10.4. The standard InChI is InChI=1S/C11H17N3/c1-3-9-6-5-7-10(8-9)14-11(12)13-4-2/h5-8H,3-4H2,1-2H3,(H3,12,13,14). The highest BCUT2D eigenvalue weighted by atomic mass is 15.1. The average Bonchev–Trinajstić information content (AvgIpc) is 2.18. The van der Waals surface area contributed by atoms with Gasteiger partial charge in [-0.3, -0.25) is 4.99 Å². The molecule has 0 unspecified atom stereocenters. The molecule has 0 amide bonds. The van der Waals surface area contributed by atoms with Crippen LogP contribution in [0.15, 0.2) is 29.3 Å². The Hall–Kier alpha value is -1.51. The second-order valence-corrected chi connectivity index (χ2v) is 3.04. The highest BCUT2D eigenvalue weighted by Crippen LogP contribution is 2.10. The Morgan fingerprint density at radius 1 is 1.43 bits per heavy atom. The van der Waals surface area contributed by atoms with Crippen molar-refractivity contribution in [1.29, 1.82) is 0 Å². The maximum atomic E-state index is 5.65. The van der Waals surface area contributed by atoms with Crippen molar-refractivity contribution >= 4 is 11.6 Å². The number of nitrogens with zero attached hydrogens (tertiary/aromatic N) is 1. The second-order valence-electron chi connectivity index (χ2n) is 3.04. The molecular weight excluding hydrogens is 174 g/mol. The molecule has 0 saturated heterocycles. The first kappa shape index (κ1) is 10.6. The van der Waals surface area contributed by atoms with Gasteiger partial charge in [0.05, 0.1) is 0 Å². The summed E-state index contributed by atoms with van der Waals surface area (Å²) in [6.45, 7) is 4.78. The van der Waals surface area contributed by atoms with Crippen molar-refractivity contribution < 1.29 is 0 Å². The molecule has 0 aliphatic carbocycles. The van der Waals surface area contributed by atoms with Gasteiger partial charge in [-0.15, -0.1) is 0 Å². The first-order valence-corrected chi connectivity index (χ1v) is 4.92. The summed E-state index contributed by atoms with van der Waals surface area (Å²) in [5, 5.41) is 3.05. The fourth-order valence-electron chi connectivity index (χ4n) is 1.23. The zero-order valence-corrected chi connectivity index (χ0v) is 8.75. The Labute approximate surface area is 85.0 Å². The van der Waals surface area contributed by atoms with Crippen LogP contribution in [0.2, 0.25) is 0 Å². The lowest BCUT2D eigenvalue weighted by atomic mass is 10.1. The molecule has 0 radical (unpaired) electrons. The van der Waals surface area contributed by atoms with Crippen LogP contribution in [0.25, 0.3) is 0 Å². The normalized spacial score (nSPS) is 11.4. The van der Waals surface area contributed by atoms with E-state index in [0.29, 0.717) is 12.5 Å². The van der Waals surface area contributed by atoms with E-state index in [1.807, 2.05) is 19.1 Å². The van der Waals surface area contributed by atoms with E-state index in [1.165, 1.54) is 5.56 Å². The van der Waals surface area contributed by atoms with Crippen molar-refractivity contribution in [3.63, 3.8) is 0 Å². The fourth-order valence-corrected chi connectivity index (χ4v) is 1.23. The lowest BCUT2D eigenvalue weighted by molar-refractivity contribution is 1.12. The van der Waals surface area contributed by atoms with Crippen LogP contribution in [0.5, 0.6) is 0 Å². The minimum absolute atomic E-state index is 0.473. The van der Waals surface area contributed by atoms with Crippen molar-refractivity contribution in [2.45, 2.75) is 20.3 Å². The number of hydrogen-bond donors (Lipinski definition) is 2. The summed E-state index contributed by atoms with van der Waals surface area (Å²) in [6.07, 6.45) is 1.03. The third kappa shape index (κ3) is 3.09. The highest BCUT2D eigenvalue weighted by Gasteiger charge is 1.95. The minimum atomic E-state index is 0.473. The summed E-state index contributed by atoms with van der Waals surface area (Å²) in [4.78, 5) is 4.06. The molecule has 0 bridgehead atoms. The summed E-state index contributed by atoms with van der Waals surface area (Å²) in [7, 11) is 0. The molecule has 0 fully saturated rings. The van der Waals surface area contributed by atoms with E-state index in [4.69, 9.17) is 5.73 Å². The quantitative estimate of drug-likeness (QED) is 0.567. The maximum absolute atomic E-state index is 5.65. The molecule has 14 heavy (non-hydrogen) atoms. The predicted molar refractivity (Wildman–Crippen MR) is 61.6 cm³/mol. The van der Waals surface area contributed by atoms with Crippen LogP contribution in [0.4, 0.5) is 5.69 Å². The topological polar surface area (TPSA) is 50.4 Å². The third-order valence-corrected chi connectivity index (χ3v) is 1.94. The van der Waals surface area contributed by atoms with Gasteiger partial charge in [0, 0.05) is 12.2 Å². The van der Waals surface area contributed by atoms with Gasteiger partial charge >= 0.3 is 0 Å². The lowest BCUT2D eigenvalue weighted by Crippen LogP contribution is -2.22. The first-order valence-electron chi connectivity index (χ1n) is 4.92. The average molecular weight is 191 g/mol. The summed E-state index contributed by atoms with van der Waals surface area (Å²) in [5.41, 5.74) is 7.94. The van der Waals surface area contributed by atoms with E-state index in [0.717, 1.165) is 12.1 Å². The summed E-state index contributed by atoms with van der Waals surface area (Å²) in [5.74, 6) is 0.473. The second kappa shape index (κ2) is 5.27. The lowest BCUT2D eigenvalue weighted by Gasteiger charge is -2.06. The number of rotatable bonds is 3. The van der Waals surface area contributed by atoms with Crippen LogP contribution in [0.1, 0.15) is 19.4 Å². The molecule has 0 aliphatic rings. The van der Waals surface area contributed by atoms with Gasteiger partial charge in [-0.25, -0.2) is 0 Å². The van der Waals surface area contributed by atoms with E-state index in [-0.39, 0.29) is 0 Å². The summed E-state index contributed by atoms with van der Waals surface area (Å²) in [6, 6.07) is 8.17. The number of nitrogens with one attached hydrogen (secondary N) is 1. The Morgan fingerprint density at radius 3 is 2.86 bits per heavy atom. The monoisotopic (exact) mass is 191 g/mol. The number of guanidine groups is 1. The van der Waals surface area contributed by atoms with Crippen LogP contribution >= 0.6 is 0 Å². The number of anilines is 1. The molecule has 1 aromatic carbocycles. The van der Waals surface area contributed by atoms with Crippen LogP contribution < -0.4 is 11.1 Å². The molecular formula is C11H17N3. The Bertz CT molecular complexity index is 318. The number of aliphatic imine (C=N–C) groups is 1. The van der Waals surface area contributed by atoms with Crippen LogP contribution in [-0.4, -0.2) is 12.5 Å². The van der Waals surface area contributed by atoms with Gasteiger partial charge < -0.3 is 11.1 Å². The van der Waals surface area contributed by atoms with Crippen LogP contribution in [0, 0.1) is 0 Å². The van der Waals surface area contributed by atoms with Crippen molar-refractivity contribution in [1.82, 2.24) is 0 Å². The van der Waals surface area contributed by atoms with Gasteiger partial charge in [0.15, 0.2) is 5.96 Å². The minimum Gasteiger partial charge on any atom is -0.370 e. The van der Waals surface area contributed by atoms with Crippen LogP contribution in [0.3, 0.4) is 0 Å². The molecule has 1 rings (SSSR count). The number of benzene rings is 1. The van der Waals surface area contributed by atoms with Crippen molar-refractivity contribution in [2.75, 3.05) is 11.9 Å². The van der Waals surface area contributed by atoms with Crippen molar-refractivity contribution in [3.05, 3.63) is 29.8 Å². The van der Waals surface area contributed by atoms with Gasteiger partial charge in [0.1, 0.15) is 0 Å². The Kier molecular flexibility index (Phi) is 3.98. The molecule has 76 valence electrons. The molecule has 3 heteroatoms. The molecule has 0 spiro atoms. The molecule has 1 aromatic rings. The summed E-state index contributed by atoms with van der Waals surface area (Å²) < 4.78 is 0. The molecule has 3 nitrogen and oxygen atoms in total. The van der Waals surface area contributed by atoms with Gasteiger partial charge in [-0.2, -0.15) is 0 Å². The Morgan fingerprint density at radius 2 is 2.21 bits per heavy atom. The first-order chi connectivity index (χ1) is 6.76. The zero-order valence-electron chi connectivity index (χ0n) is 8.75. The van der Waals surface area contributed by atoms with Gasteiger partial charge in [-0.1, -0.05) is 19.1 Å². The molecule has 0 saturated carbocycles. The van der Waals surface area contributed by atoms with Crippen molar-refractivity contribution in [2.24, 2.45) is 10.7 Å². The molecule has 0 aromatic heterocycles. The molecule has 3 N–H and O–H groups in total. The number of hydrogen-bond acceptors (Lipinski definition) is 1.